The van der Waals surface area contributed by atoms with Crippen LogP contribution in [0.25, 0.3) is 0 Å². The largest absolute Gasteiger partial charge is 0.289 e. The third-order valence-corrected chi connectivity index (χ3v) is 2.22. The van der Waals surface area contributed by atoms with Crippen molar-refractivity contribution in [1.82, 2.24) is 0 Å². The highest BCUT2D eigenvalue weighted by Gasteiger charge is 2.10. The third kappa shape index (κ3) is 2.25. The first-order valence-corrected chi connectivity index (χ1v) is 4.47. The lowest BCUT2D eigenvalue weighted by Crippen LogP contribution is -2.00. The van der Waals surface area contributed by atoms with E-state index in [0.29, 0.717) is 15.6 Å². The lowest BCUT2D eigenvalue weighted by Gasteiger charge is -2.02. The van der Waals surface area contributed by atoms with E-state index in [-0.39, 0.29) is 11.6 Å². The van der Waals surface area contributed by atoms with Crippen LogP contribution in [0.3, 0.4) is 0 Å². The van der Waals surface area contributed by atoms with Gasteiger partial charge in [0.25, 0.3) is 0 Å². The van der Waals surface area contributed by atoms with Crippen LogP contribution in [0.5, 0.6) is 0 Å². The Morgan fingerprint density at radius 1 is 1.54 bits per heavy atom. The zero-order valence-corrected chi connectivity index (χ0v) is 8.69. The van der Waals surface area contributed by atoms with Crippen LogP contribution in [0.2, 0.25) is 0 Å². The van der Waals surface area contributed by atoms with Gasteiger partial charge in [0.15, 0.2) is 5.78 Å². The molecule has 0 atom stereocenters. The van der Waals surface area contributed by atoms with Crippen LogP contribution in [0.15, 0.2) is 34.8 Å². The van der Waals surface area contributed by atoms with Gasteiger partial charge < -0.3 is 0 Å². The second-order valence-corrected chi connectivity index (χ2v) is 3.59. The summed E-state index contributed by atoms with van der Waals surface area (Å²) in [7, 11) is 0. The minimum absolute atomic E-state index is 0.174. The van der Waals surface area contributed by atoms with Crippen molar-refractivity contribution in [3.8, 4) is 0 Å². The van der Waals surface area contributed by atoms with Gasteiger partial charge in [-0.15, -0.1) is 0 Å². The van der Waals surface area contributed by atoms with Gasteiger partial charge in [0.05, 0.1) is 0 Å². The quantitative estimate of drug-likeness (QED) is 0.575. The van der Waals surface area contributed by atoms with Crippen LogP contribution >= 0.6 is 15.9 Å². The van der Waals surface area contributed by atoms with E-state index in [9.17, 15) is 9.18 Å². The number of carbonyl (C=O) groups excluding carboxylic acids is 1. The summed E-state index contributed by atoms with van der Waals surface area (Å²) >= 11 is 3.11. The molecule has 3 heteroatoms. The summed E-state index contributed by atoms with van der Waals surface area (Å²) in [4.78, 5) is 11.4. The Morgan fingerprint density at radius 3 is 2.62 bits per heavy atom. The van der Waals surface area contributed by atoms with Crippen LogP contribution in [0.1, 0.15) is 17.3 Å². The summed E-state index contributed by atoms with van der Waals surface area (Å²) in [5.41, 5.74) is 0.876. The van der Waals surface area contributed by atoms with Crippen molar-refractivity contribution < 1.29 is 9.18 Å². The van der Waals surface area contributed by atoms with E-state index in [1.165, 1.54) is 18.2 Å². The molecule has 0 radical (unpaired) electrons. The Balaban J connectivity index is 3.16. The molecule has 0 aliphatic carbocycles. The first kappa shape index (κ1) is 10.1. The fourth-order valence-electron chi connectivity index (χ4n) is 0.904. The van der Waals surface area contributed by atoms with Gasteiger partial charge in [-0.2, -0.15) is 0 Å². The molecule has 0 aliphatic heterocycles. The Kier molecular flexibility index (Phi) is 2.98. The molecule has 0 amide bonds. The Labute approximate surface area is 84.4 Å². The van der Waals surface area contributed by atoms with Gasteiger partial charge in [0.1, 0.15) is 5.82 Å². The maximum atomic E-state index is 12.6. The van der Waals surface area contributed by atoms with E-state index in [4.69, 9.17) is 0 Å². The van der Waals surface area contributed by atoms with Crippen LogP contribution < -0.4 is 0 Å². The number of carbonyl (C=O) groups is 1. The average molecular weight is 243 g/mol. The molecule has 0 saturated carbocycles. The van der Waals surface area contributed by atoms with Crippen molar-refractivity contribution in [2.75, 3.05) is 0 Å². The molecule has 13 heavy (non-hydrogen) atoms. The highest BCUT2D eigenvalue weighted by atomic mass is 79.9. The van der Waals surface area contributed by atoms with Crippen molar-refractivity contribution in [2.45, 2.75) is 6.92 Å². The van der Waals surface area contributed by atoms with Crippen LogP contribution in [0, 0.1) is 5.82 Å². The average Bonchev–Trinajstić information content (AvgIpc) is 2.03. The standard InChI is InChI=1S/C10H8BrFO/c1-6(2)10(13)8-4-3-7(12)5-9(8)11/h3-5H,1H2,2H3. The fourth-order valence-corrected chi connectivity index (χ4v) is 1.43. The first-order chi connectivity index (χ1) is 6.02. The third-order valence-electron chi connectivity index (χ3n) is 1.56. The van der Waals surface area contributed by atoms with E-state index < -0.39 is 0 Å². The fraction of sp³-hybridized carbons (Fsp3) is 0.100. The van der Waals surface area contributed by atoms with Crippen molar-refractivity contribution in [3.05, 3.63) is 46.2 Å². The zero-order chi connectivity index (χ0) is 10.0. The number of hydrogen-bond donors (Lipinski definition) is 0. The molecule has 0 N–H and O–H groups in total. The molecule has 0 saturated heterocycles. The predicted molar refractivity (Wildman–Crippen MR) is 53.2 cm³/mol. The topological polar surface area (TPSA) is 17.1 Å². The van der Waals surface area contributed by atoms with E-state index in [0.717, 1.165) is 0 Å². The van der Waals surface area contributed by atoms with E-state index in [1.807, 2.05) is 0 Å². The van der Waals surface area contributed by atoms with Gasteiger partial charge in [-0.25, -0.2) is 4.39 Å². The summed E-state index contributed by atoms with van der Waals surface area (Å²) in [5.74, 6) is -0.544. The summed E-state index contributed by atoms with van der Waals surface area (Å²) in [5, 5.41) is 0. The molecule has 1 nitrogen and oxygen atoms in total. The van der Waals surface area contributed by atoms with Crippen LogP contribution in [-0.2, 0) is 0 Å². The molecule has 1 aromatic carbocycles. The maximum Gasteiger partial charge on any atom is 0.189 e. The Bertz CT molecular complexity index is 371. The van der Waals surface area contributed by atoms with E-state index >= 15 is 0 Å². The van der Waals surface area contributed by atoms with Gasteiger partial charge in [-0.1, -0.05) is 6.58 Å². The first-order valence-electron chi connectivity index (χ1n) is 3.67. The minimum atomic E-state index is -0.370. The zero-order valence-electron chi connectivity index (χ0n) is 7.10. The number of hydrogen-bond acceptors (Lipinski definition) is 1. The van der Waals surface area contributed by atoms with Crippen LogP contribution in [-0.4, -0.2) is 5.78 Å². The lowest BCUT2D eigenvalue weighted by atomic mass is 10.1. The van der Waals surface area contributed by atoms with E-state index in [1.54, 1.807) is 6.92 Å². The highest BCUT2D eigenvalue weighted by molar-refractivity contribution is 9.10. The van der Waals surface area contributed by atoms with Crippen molar-refractivity contribution in [1.29, 1.82) is 0 Å². The van der Waals surface area contributed by atoms with Gasteiger partial charge in [0.2, 0.25) is 0 Å². The number of Topliss-reactive ketones (excluding diaryl/α,β-unsaturated/α-hetero) is 1. The monoisotopic (exact) mass is 242 g/mol. The summed E-state index contributed by atoms with van der Waals surface area (Å²) in [6.45, 7) is 5.15. The second kappa shape index (κ2) is 3.83. The molecule has 68 valence electrons. The van der Waals surface area contributed by atoms with Gasteiger partial charge >= 0.3 is 0 Å². The highest BCUT2D eigenvalue weighted by Crippen LogP contribution is 2.20. The molecule has 0 bridgehead atoms. The van der Waals surface area contributed by atoms with Crippen LogP contribution in [0.4, 0.5) is 4.39 Å². The van der Waals surface area contributed by atoms with Gasteiger partial charge in [0, 0.05) is 10.0 Å². The molecule has 1 rings (SSSR count). The van der Waals surface area contributed by atoms with Gasteiger partial charge in [-0.3, -0.25) is 4.79 Å². The van der Waals surface area contributed by atoms with E-state index in [2.05, 4.69) is 22.5 Å². The molecule has 0 spiro atoms. The smallest absolute Gasteiger partial charge is 0.189 e. The number of ketones is 1. The Hall–Kier alpha value is -0.960. The molecule has 0 unspecified atom stereocenters. The molecule has 0 aliphatic rings. The summed E-state index contributed by atoms with van der Waals surface area (Å²) in [6.07, 6.45) is 0. The normalized spacial score (nSPS) is 9.77. The number of benzene rings is 1. The van der Waals surface area contributed by atoms with Crippen molar-refractivity contribution in [3.63, 3.8) is 0 Å². The van der Waals surface area contributed by atoms with Gasteiger partial charge in [-0.05, 0) is 46.6 Å². The number of rotatable bonds is 2. The maximum absolute atomic E-state index is 12.6. The molecule has 0 fully saturated rings. The SMILES string of the molecule is C=C(C)C(=O)c1ccc(F)cc1Br. The van der Waals surface area contributed by atoms with Crippen molar-refractivity contribution in [2.24, 2.45) is 0 Å². The Morgan fingerprint density at radius 2 is 2.15 bits per heavy atom. The molecule has 1 aromatic rings. The molecule has 0 aromatic heterocycles. The summed E-state index contributed by atoms with van der Waals surface area (Å²) < 4.78 is 13.1. The molecular formula is C10H8BrFO. The number of halogens is 2. The summed E-state index contributed by atoms with van der Waals surface area (Å²) in [6, 6.07) is 3.95. The molecule has 0 heterocycles. The lowest BCUT2D eigenvalue weighted by molar-refractivity contribution is 0.103. The molecular weight excluding hydrogens is 235 g/mol. The minimum Gasteiger partial charge on any atom is -0.289 e. The number of allylic oxidation sites excluding steroid dienone is 1. The van der Waals surface area contributed by atoms with Crippen molar-refractivity contribution >= 4 is 21.7 Å². The predicted octanol–water partition coefficient (Wildman–Crippen LogP) is 3.35. The second-order valence-electron chi connectivity index (χ2n) is 2.73.